The normalized spacial score (nSPS) is 31.7. The van der Waals surface area contributed by atoms with Crippen LogP contribution in [0.4, 0.5) is 0 Å². The molecule has 200 valence electrons. The summed E-state index contributed by atoms with van der Waals surface area (Å²) in [5, 5.41) is 10.6. The van der Waals surface area contributed by atoms with Crippen LogP contribution in [0.5, 0.6) is 0 Å². The average molecular weight is 501 g/mol. The third-order valence-electron chi connectivity index (χ3n) is 9.82. The van der Waals surface area contributed by atoms with E-state index in [2.05, 4.69) is 71.1 Å². The second-order valence-corrected chi connectivity index (χ2v) is 12.4. The van der Waals surface area contributed by atoms with Crippen molar-refractivity contribution < 1.29 is 9.90 Å². The Labute approximate surface area is 225 Å². The Morgan fingerprint density at radius 1 is 1.16 bits per heavy atom. The molecule has 1 N–H and O–H groups in total. The van der Waals surface area contributed by atoms with Crippen molar-refractivity contribution in [3.05, 3.63) is 83.0 Å². The molecule has 0 saturated heterocycles. The van der Waals surface area contributed by atoms with Crippen molar-refractivity contribution in [2.45, 2.75) is 104 Å². The van der Waals surface area contributed by atoms with E-state index in [9.17, 15) is 9.90 Å². The number of benzene rings is 1. The summed E-state index contributed by atoms with van der Waals surface area (Å²) >= 11 is 0. The van der Waals surface area contributed by atoms with E-state index in [1.165, 1.54) is 18.4 Å². The van der Waals surface area contributed by atoms with Crippen molar-refractivity contribution in [3.63, 3.8) is 0 Å². The number of aliphatic hydroxyl groups is 1. The second-order valence-electron chi connectivity index (χ2n) is 12.4. The van der Waals surface area contributed by atoms with Crippen LogP contribution < -0.4 is 0 Å². The van der Waals surface area contributed by atoms with Crippen LogP contribution in [-0.2, 0) is 4.79 Å². The molecule has 5 atom stereocenters. The molecule has 2 saturated carbocycles. The molecule has 0 radical (unpaired) electrons. The van der Waals surface area contributed by atoms with Crippen LogP contribution in [0.1, 0.15) is 104 Å². The lowest BCUT2D eigenvalue weighted by atomic mass is 9.62. The van der Waals surface area contributed by atoms with Crippen LogP contribution in [-0.4, -0.2) is 16.5 Å². The highest BCUT2D eigenvalue weighted by Gasteiger charge is 2.45. The van der Waals surface area contributed by atoms with Gasteiger partial charge >= 0.3 is 0 Å². The van der Waals surface area contributed by atoms with Crippen LogP contribution in [0.15, 0.2) is 77.4 Å². The van der Waals surface area contributed by atoms with E-state index >= 15 is 0 Å². The highest BCUT2D eigenvalue weighted by Crippen LogP contribution is 2.57. The summed E-state index contributed by atoms with van der Waals surface area (Å²) in [6, 6.07) is 10.3. The Hall–Kier alpha value is -2.19. The molecule has 2 fully saturated rings. The fraction of sp³-hybridized carbons (Fsp3) is 0.571. The largest absolute Gasteiger partial charge is 0.386 e. The van der Waals surface area contributed by atoms with Crippen LogP contribution in [0.2, 0.25) is 0 Å². The Morgan fingerprint density at radius 3 is 2.59 bits per heavy atom. The molecule has 0 heterocycles. The maximum atomic E-state index is 13.5. The molecule has 0 aliphatic heterocycles. The first-order valence-corrected chi connectivity index (χ1v) is 14.8. The summed E-state index contributed by atoms with van der Waals surface area (Å²) in [7, 11) is 0. The molecule has 0 amide bonds. The summed E-state index contributed by atoms with van der Waals surface area (Å²) in [4.78, 5) is 13.5. The number of rotatable bonds is 8. The maximum absolute atomic E-state index is 13.5. The van der Waals surface area contributed by atoms with E-state index in [-0.39, 0.29) is 11.3 Å². The van der Waals surface area contributed by atoms with Crippen LogP contribution in [0.25, 0.3) is 0 Å². The van der Waals surface area contributed by atoms with Gasteiger partial charge in [-0.1, -0.05) is 106 Å². The first kappa shape index (κ1) is 27.8. The van der Waals surface area contributed by atoms with Gasteiger partial charge in [0, 0.05) is 5.92 Å². The van der Waals surface area contributed by atoms with E-state index in [4.69, 9.17) is 0 Å². The third-order valence-corrected chi connectivity index (χ3v) is 9.82. The molecule has 1 aromatic rings. The minimum Gasteiger partial charge on any atom is -0.386 e. The Morgan fingerprint density at radius 2 is 1.89 bits per heavy atom. The van der Waals surface area contributed by atoms with Gasteiger partial charge < -0.3 is 5.11 Å². The molecular weight excluding hydrogens is 452 g/mol. The molecule has 0 bridgehead atoms. The molecule has 4 rings (SSSR count). The zero-order valence-corrected chi connectivity index (χ0v) is 23.8. The van der Waals surface area contributed by atoms with E-state index < -0.39 is 5.60 Å². The summed E-state index contributed by atoms with van der Waals surface area (Å²) in [6.07, 6.45) is 20.3. The van der Waals surface area contributed by atoms with Crippen LogP contribution in [0, 0.1) is 23.2 Å². The van der Waals surface area contributed by atoms with Gasteiger partial charge in [0.25, 0.3) is 0 Å². The van der Waals surface area contributed by atoms with E-state index in [1.807, 2.05) is 24.3 Å². The first-order valence-electron chi connectivity index (χ1n) is 14.8. The fourth-order valence-corrected chi connectivity index (χ4v) is 7.34. The molecule has 3 aliphatic carbocycles. The van der Waals surface area contributed by atoms with Crippen molar-refractivity contribution in [1.82, 2.24) is 0 Å². The van der Waals surface area contributed by atoms with Gasteiger partial charge in [-0.05, 0) is 92.1 Å². The zero-order valence-electron chi connectivity index (χ0n) is 23.8. The molecule has 2 nitrogen and oxygen atoms in total. The lowest BCUT2D eigenvalue weighted by molar-refractivity contribution is -0.118. The molecule has 0 spiro atoms. The molecule has 1 aromatic carbocycles. The number of carbonyl (C=O) groups is 1. The van der Waals surface area contributed by atoms with Crippen LogP contribution >= 0.6 is 0 Å². The second kappa shape index (κ2) is 11.7. The topological polar surface area (TPSA) is 37.3 Å². The van der Waals surface area contributed by atoms with Gasteiger partial charge in [-0.2, -0.15) is 0 Å². The highest BCUT2D eigenvalue weighted by molar-refractivity contribution is 6.01. The standard InChI is InChI=1S/C35H48O2/c1-6-35(37,7-2)22-11-13-26(4)31-19-20-32-28(16-12-21-34(31,32)5)17-18-29-23-25(3)24-30(33(29)36)27-14-9-8-10-15-27/h8-11,14-15,17-19,22,25-26,30,32,37H,6-7,12-13,16,20-21,23-24H2,1-5H3/b22-11+,28-17-,29-18+. The molecule has 0 aromatic heterocycles. The predicted molar refractivity (Wildman–Crippen MR) is 155 cm³/mol. The Bertz CT molecular complexity index is 1070. The molecular formula is C35H48O2. The molecule has 5 unspecified atom stereocenters. The van der Waals surface area contributed by atoms with E-state index in [0.29, 0.717) is 23.5 Å². The van der Waals surface area contributed by atoms with Gasteiger partial charge in [-0.25, -0.2) is 0 Å². The van der Waals surface area contributed by atoms with Crippen molar-refractivity contribution in [3.8, 4) is 0 Å². The first-order chi connectivity index (χ1) is 17.7. The van der Waals surface area contributed by atoms with Gasteiger partial charge in [0.2, 0.25) is 0 Å². The SMILES string of the molecule is CCC(O)(/C=C/CC(C)C1=CCC2/C(=C\C=C3/CC(C)CC(c4ccccc4)C3=O)CCCC12C)CC. The van der Waals surface area contributed by atoms with Gasteiger partial charge in [0.15, 0.2) is 5.78 Å². The predicted octanol–water partition coefficient (Wildman–Crippen LogP) is 8.89. The van der Waals surface area contributed by atoms with Gasteiger partial charge in [-0.15, -0.1) is 0 Å². The number of ketones is 1. The third kappa shape index (κ3) is 5.95. The van der Waals surface area contributed by atoms with Crippen molar-refractivity contribution in [2.75, 3.05) is 0 Å². The van der Waals surface area contributed by atoms with Crippen LogP contribution in [0.3, 0.4) is 0 Å². The Kier molecular flexibility index (Phi) is 8.79. The smallest absolute Gasteiger partial charge is 0.166 e. The minimum absolute atomic E-state index is 0.00190. The van der Waals surface area contributed by atoms with E-state index in [0.717, 1.165) is 56.1 Å². The lowest BCUT2D eigenvalue weighted by Crippen LogP contribution is -2.32. The number of carbonyl (C=O) groups excluding carboxylic acids is 1. The summed E-state index contributed by atoms with van der Waals surface area (Å²) in [6.45, 7) is 11.2. The molecule has 3 aliphatic rings. The maximum Gasteiger partial charge on any atom is 0.166 e. The van der Waals surface area contributed by atoms with Crippen molar-refractivity contribution in [2.24, 2.45) is 23.2 Å². The number of Topliss-reactive ketones (excluding diaryl/α,β-unsaturated/α-hetero) is 1. The highest BCUT2D eigenvalue weighted by atomic mass is 16.3. The summed E-state index contributed by atoms with van der Waals surface area (Å²) in [5.41, 5.74) is 4.84. The number of hydrogen-bond acceptors (Lipinski definition) is 2. The number of hydrogen-bond donors (Lipinski definition) is 1. The number of fused-ring (bicyclic) bond motifs is 1. The van der Waals surface area contributed by atoms with E-state index in [1.54, 1.807) is 5.57 Å². The van der Waals surface area contributed by atoms with Gasteiger partial charge in [-0.3, -0.25) is 4.79 Å². The van der Waals surface area contributed by atoms with Crippen molar-refractivity contribution in [1.29, 1.82) is 0 Å². The lowest BCUT2D eigenvalue weighted by Gasteiger charge is -2.42. The molecule has 37 heavy (non-hydrogen) atoms. The quantitative estimate of drug-likeness (QED) is 0.286. The van der Waals surface area contributed by atoms with Crippen molar-refractivity contribution >= 4 is 5.78 Å². The zero-order chi connectivity index (χ0) is 26.6. The fourth-order valence-electron chi connectivity index (χ4n) is 7.34. The summed E-state index contributed by atoms with van der Waals surface area (Å²) in [5.74, 6) is 1.87. The minimum atomic E-state index is -0.669. The van der Waals surface area contributed by atoms with Gasteiger partial charge in [0.1, 0.15) is 0 Å². The average Bonchev–Trinajstić information content (AvgIpc) is 3.26. The van der Waals surface area contributed by atoms with Gasteiger partial charge in [0.05, 0.1) is 5.60 Å². The monoisotopic (exact) mass is 500 g/mol. The Balaban J connectivity index is 1.49. The summed E-state index contributed by atoms with van der Waals surface area (Å²) < 4.78 is 0. The molecule has 2 heteroatoms. The number of allylic oxidation sites excluding steroid dienone is 7.